The molecule has 0 saturated heterocycles. The maximum absolute atomic E-state index is 13.6. The fourth-order valence-corrected chi connectivity index (χ4v) is 3.84. The lowest BCUT2D eigenvalue weighted by Gasteiger charge is -2.07. The number of para-hydroxylation sites is 1. The average Bonchev–Trinajstić information content (AvgIpc) is 3.11. The van der Waals surface area contributed by atoms with Gasteiger partial charge in [-0.25, -0.2) is 9.37 Å². The molecule has 0 spiro atoms. The molecule has 4 aromatic rings. The Bertz CT molecular complexity index is 1230. The number of nitrogens with zero attached hydrogens (tertiary/aromatic N) is 2. The standard InChI is InChI=1S/C21H18FN3O3S/c22-16-7-3-1-5-14(16)12-29-10-9-23-18(26)11-25-13-24-19-15-6-2-4-8-17(15)28-20(19)21(25)27/h1-8,13H,9-12H2,(H,23,26). The van der Waals surface area contributed by atoms with E-state index >= 15 is 0 Å². The molecule has 4 rings (SSSR count). The Labute approximate surface area is 169 Å². The highest BCUT2D eigenvalue weighted by Gasteiger charge is 2.14. The second-order valence-corrected chi connectivity index (χ2v) is 7.55. The number of amides is 1. The first-order chi connectivity index (χ1) is 14.1. The van der Waals surface area contributed by atoms with Gasteiger partial charge in [-0.05, 0) is 23.8 Å². The molecule has 0 aliphatic carbocycles. The minimum absolute atomic E-state index is 0.141. The smallest absolute Gasteiger partial charge is 0.297 e. The van der Waals surface area contributed by atoms with Crippen molar-refractivity contribution in [2.45, 2.75) is 12.3 Å². The second kappa shape index (κ2) is 8.48. The Morgan fingerprint density at radius 1 is 1.17 bits per heavy atom. The quantitative estimate of drug-likeness (QED) is 0.472. The number of hydrogen-bond donors (Lipinski definition) is 1. The molecule has 148 valence electrons. The van der Waals surface area contributed by atoms with Gasteiger partial charge in [-0.15, -0.1) is 0 Å². The minimum atomic E-state index is -0.393. The number of hydrogen-bond acceptors (Lipinski definition) is 5. The maximum atomic E-state index is 13.6. The number of halogens is 1. The Kier molecular flexibility index (Phi) is 5.62. The molecule has 0 radical (unpaired) electrons. The van der Waals surface area contributed by atoms with Crippen molar-refractivity contribution in [1.29, 1.82) is 0 Å². The van der Waals surface area contributed by atoms with Gasteiger partial charge in [0.15, 0.2) is 0 Å². The summed E-state index contributed by atoms with van der Waals surface area (Å²) in [6.07, 6.45) is 1.36. The molecule has 2 aromatic heterocycles. The normalized spacial score (nSPS) is 11.2. The average molecular weight is 411 g/mol. The van der Waals surface area contributed by atoms with E-state index in [2.05, 4.69) is 10.3 Å². The highest BCUT2D eigenvalue weighted by molar-refractivity contribution is 7.98. The summed E-state index contributed by atoms with van der Waals surface area (Å²) in [7, 11) is 0. The van der Waals surface area contributed by atoms with Crippen LogP contribution < -0.4 is 10.9 Å². The van der Waals surface area contributed by atoms with E-state index in [0.717, 1.165) is 5.39 Å². The summed E-state index contributed by atoms with van der Waals surface area (Å²) in [6.45, 7) is 0.282. The van der Waals surface area contributed by atoms with Crippen LogP contribution in [0.2, 0.25) is 0 Å². The summed E-state index contributed by atoms with van der Waals surface area (Å²) in [5.41, 5.74) is 1.46. The van der Waals surface area contributed by atoms with Gasteiger partial charge in [-0.1, -0.05) is 30.3 Å². The Morgan fingerprint density at radius 2 is 1.97 bits per heavy atom. The minimum Gasteiger partial charge on any atom is -0.448 e. The molecule has 0 aliphatic heterocycles. The molecule has 6 nitrogen and oxygen atoms in total. The van der Waals surface area contributed by atoms with E-state index in [1.54, 1.807) is 24.3 Å². The zero-order valence-corrected chi connectivity index (χ0v) is 16.2. The van der Waals surface area contributed by atoms with Crippen LogP contribution in [-0.4, -0.2) is 27.8 Å². The van der Waals surface area contributed by atoms with Crippen LogP contribution in [-0.2, 0) is 17.1 Å². The topological polar surface area (TPSA) is 77.1 Å². The summed E-state index contributed by atoms with van der Waals surface area (Å²) in [4.78, 5) is 29.1. The number of thioether (sulfide) groups is 1. The summed E-state index contributed by atoms with van der Waals surface area (Å²) >= 11 is 1.53. The highest BCUT2D eigenvalue weighted by atomic mass is 32.2. The molecule has 0 unspecified atom stereocenters. The lowest BCUT2D eigenvalue weighted by Crippen LogP contribution is -2.33. The van der Waals surface area contributed by atoms with Gasteiger partial charge in [0, 0.05) is 23.4 Å². The predicted molar refractivity (Wildman–Crippen MR) is 111 cm³/mol. The maximum Gasteiger partial charge on any atom is 0.297 e. The van der Waals surface area contributed by atoms with Crippen LogP contribution in [0.3, 0.4) is 0 Å². The molecule has 0 saturated carbocycles. The zero-order valence-electron chi connectivity index (χ0n) is 15.4. The van der Waals surface area contributed by atoms with Crippen molar-refractivity contribution >= 4 is 39.7 Å². The van der Waals surface area contributed by atoms with Crippen molar-refractivity contribution in [1.82, 2.24) is 14.9 Å². The van der Waals surface area contributed by atoms with E-state index < -0.39 is 5.56 Å². The van der Waals surface area contributed by atoms with Crippen molar-refractivity contribution in [2.75, 3.05) is 12.3 Å². The van der Waals surface area contributed by atoms with Crippen LogP contribution in [0.15, 0.2) is 64.1 Å². The van der Waals surface area contributed by atoms with Crippen LogP contribution >= 0.6 is 11.8 Å². The molecule has 2 aromatic carbocycles. The van der Waals surface area contributed by atoms with Gasteiger partial charge in [-0.2, -0.15) is 11.8 Å². The van der Waals surface area contributed by atoms with Crippen molar-refractivity contribution in [3.63, 3.8) is 0 Å². The molecule has 0 aliphatic rings. The lowest BCUT2D eigenvalue weighted by molar-refractivity contribution is -0.121. The van der Waals surface area contributed by atoms with E-state index in [4.69, 9.17) is 4.42 Å². The first-order valence-corrected chi connectivity index (χ1v) is 10.2. The molecule has 8 heteroatoms. The van der Waals surface area contributed by atoms with Gasteiger partial charge in [0.1, 0.15) is 23.5 Å². The molecule has 29 heavy (non-hydrogen) atoms. The largest absolute Gasteiger partial charge is 0.448 e. The van der Waals surface area contributed by atoms with Gasteiger partial charge < -0.3 is 9.73 Å². The van der Waals surface area contributed by atoms with E-state index in [9.17, 15) is 14.0 Å². The van der Waals surface area contributed by atoms with E-state index in [0.29, 0.717) is 34.7 Å². The molecule has 2 heterocycles. The zero-order chi connectivity index (χ0) is 20.2. The number of carbonyl (C=O) groups excluding carboxylic acids is 1. The van der Waals surface area contributed by atoms with Crippen molar-refractivity contribution in [3.8, 4) is 0 Å². The summed E-state index contributed by atoms with van der Waals surface area (Å²) in [5.74, 6) is 0.650. The third-order valence-corrected chi connectivity index (χ3v) is 5.46. The second-order valence-electron chi connectivity index (χ2n) is 6.45. The number of benzene rings is 2. The van der Waals surface area contributed by atoms with Crippen LogP contribution in [0, 0.1) is 5.82 Å². The predicted octanol–water partition coefficient (Wildman–Crippen LogP) is 3.33. The number of carbonyl (C=O) groups is 1. The van der Waals surface area contributed by atoms with Crippen LogP contribution in [0.4, 0.5) is 4.39 Å². The van der Waals surface area contributed by atoms with E-state index in [-0.39, 0.29) is 23.9 Å². The van der Waals surface area contributed by atoms with E-state index in [1.807, 2.05) is 18.2 Å². The van der Waals surface area contributed by atoms with Gasteiger partial charge in [-0.3, -0.25) is 14.2 Å². The monoisotopic (exact) mass is 411 g/mol. The third-order valence-electron chi connectivity index (χ3n) is 4.45. The SMILES string of the molecule is O=C(Cn1cnc2c(oc3ccccc32)c1=O)NCCSCc1ccccc1F. The Morgan fingerprint density at radius 3 is 2.83 bits per heavy atom. The summed E-state index contributed by atoms with van der Waals surface area (Å²) in [6, 6.07) is 13.9. The highest BCUT2D eigenvalue weighted by Crippen LogP contribution is 2.24. The van der Waals surface area contributed by atoms with Crippen molar-refractivity contribution in [2.24, 2.45) is 0 Å². The Hall–Kier alpha value is -3.13. The molecule has 0 atom stereocenters. The summed E-state index contributed by atoms with van der Waals surface area (Å²) in [5, 5.41) is 3.53. The van der Waals surface area contributed by atoms with Crippen LogP contribution in [0.1, 0.15) is 5.56 Å². The third kappa shape index (κ3) is 4.17. The van der Waals surface area contributed by atoms with Gasteiger partial charge in [0.25, 0.3) is 5.56 Å². The number of fused-ring (bicyclic) bond motifs is 3. The molecular formula is C21H18FN3O3S. The van der Waals surface area contributed by atoms with Gasteiger partial charge in [0.05, 0.1) is 6.33 Å². The fraction of sp³-hybridized carbons (Fsp3) is 0.190. The molecule has 0 bridgehead atoms. The summed E-state index contributed by atoms with van der Waals surface area (Å²) < 4.78 is 20.4. The van der Waals surface area contributed by atoms with Crippen molar-refractivity contribution < 1.29 is 13.6 Å². The van der Waals surface area contributed by atoms with Gasteiger partial charge >= 0.3 is 0 Å². The molecule has 1 N–H and O–H groups in total. The van der Waals surface area contributed by atoms with Gasteiger partial charge in [0.2, 0.25) is 11.5 Å². The Balaban J connectivity index is 1.33. The van der Waals surface area contributed by atoms with Crippen LogP contribution in [0.5, 0.6) is 0 Å². The first kappa shape index (κ1) is 19.2. The first-order valence-electron chi connectivity index (χ1n) is 9.08. The molecular weight excluding hydrogens is 393 g/mol. The lowest BCUT2D eigenvalue weighted by atomic mass is 10.2. The number of nitrogens with one attached hydrogen (secondary N) is 1. The van der Waals surface area contributed by atoms with E-state index in [1.165, 1.54) is 28.7 Å². The van der Waals surface area contributed by atoms with Crippen molar-refractivity contribution in [3.05, 3.63) is 76.6 Å². The fourth-order valence-electron chi connectivity index (χ4n) is 3.00. The number of furan rings is 1. The molecule has 0 fully saturated rings. The number of aromatic nitrogens is 2. The molecule has 1 amide bonds. The van der Waals surface area contributed by atoms with Crippen LogP contribution in [0.25, 0.3) is 22.1 Å². The number of rotatable bonds is 7.